The molecule has 0 unspecified atom stereocenters. The number of nitrogens with zero attached hydrogens (tertiary/aromatic N) is 1. The van der Waals surface area contributed by atoms with Gasteiger partial charge in [0.1, 0.15) is 28.2 Å². The van der Waals surface area contributed by atoms with Gasteiger partial charge in [0.25, 0.3) is 0 Å². The van der Waals surface area contributed by atoms with Crippen LogP contribution in [-0.2, 0) is 0 Å². The summed E-state index contributed by atoms with van der Waals surface area (Å²) in [7, 11) is 3.10. The molecular formula is C29H30N2O4. The van der Waals surface area contributed by atoms with Gasteiger partial charge in [-0.3, -0.25) is 4.79 Å². The lowest BCUT2D eigenvalue weighted by Gasteiger charge is -2.25. The van der Waals surface area contributed by atoms with Crippen LogP contribution in [-0.4, -0.2) is 33.9 Å². The molecule has 1 aromatic heterocycles. The number of methoxy groups -OCH3 is 2. The van der Waals surface area contributed by atoms with E-state index in [1.807, 2.05) is 12.1 Å². The van der Waals surface area contributed by atoms with E-state index in [1.54, 1.807) is 19.2 Å². The zero-order valence-electron chi connectivity index (χ0n) is 20.4. The first kappa shape index (κ1) is 22.8. The van der Waals surface area contributed by atoms with Crippen molar-refractivity contribution in [3.05, 3.63) is 70.9 Å². The molecule has 1 saturated heterocycles. The fraction of sp³-hybridized carbons (Fsp3) is 0.276. The second-order valence-electron chi connectivity index (χ2n) is 8.68. The summed E-state index contributed by atoms with van der Waals surface area (Å²) in [6.45, 7) is 5.14. The second kappa shape index (κ2) is 9.74. The van der Waals surface area contributed by atoms with Crippen molar-refractivity contribution in [1.82, 2.24) is 0 Å². The minimum atomic E-state index is -0.153. The van der Waals surface area contributed by atoms with E-state index < -0.39 is 0 Å². The Morgan fingerprint density at radius 2 is 1.69 bits per heavy atom. The Labute approximate surface area is 205 Å². The van der Waals surface area contributed by atoms with Gasteiger partial charge in [0, 0.05) is 49.0 Å². The number of hydrogen-bond donors (Lipinski definition) is 1. The van der Waals surface area contributed by atoms with E-state index in [0.717, 1.165) is 30.8 Å². The molecule has 0 atom stereocenters. The Kier molecular flexibility index (Phi) is 6.36. The first-order valence-electron chi connectivity index (χ1n) is 12.1. The predicted octanol–water partition coefficient (Wildman–Crippen LogP) is 6.18. The van der Waals surface area contributed by atoms with E-state index in [1.165, 1.54) is 43.0 Å². The molecule has 5 rings (SSSR count). The molecule has 1 fully saturated rings. The quantitative estimate of drug-likeness (QED) is 0.348. The van der Waals surface area contributed by atoms with E-state index in [-0.39, 0.29) is 5.43 Å². The first-order valence-corrected chi connectivity index (χ1v) is 12.1. The van der Waals surface area contributed by atoms with E-state index >= 15 is 0 Å². The van der Waals surface area contributed by atoms with E-state index in [9.17, 15) is 4.79 Å². The van der Waals surface area contributed by atoms with Crippen molar-refractivity contribution in [3.8, 4) is 33.9 Å². The molecule has 35 heavy (non-hydrogen) atoms. The zero-order chi connectivity index (χ0) is 24.4. The predicted molar refractivity (Wildman–Crippen MR) is 142 cm³/mol. The largest absolute Gasteiger partial charge is 0.496 e. The van der Waals surface area contributed by atoms with Crippen LogP contribution in [0.3, 0.4) is 0 Å². The number of hydrogen-bond acceptors (Lipinski definition) is 6. The molecule has 1 aliphatic heterocycles. The summed E-state index contributed by atoms with van der Waals surface area (Å²) < 4.78 is 16.9. The average molecular weight is 471 g/mol. The Morgan fingerprint density at radius 1 is 0.943 bits per heavy atom. The SMILES string of the molecule is CCNc1cccc(-c2ccc(-c3cc(=O)c4c(OC)cc(OC)cc4o3)cc2)c1N1CCCC1. The standard InChI is InChI=1S/C29H30N2O4/c1-4-30-23-9-7-8-22(29(23)31-14-5-6-15-31)19-10-12-20(13-11-19)25-18-24(32)28-26(34-3)16-21(33-2)17-27(28)35-25/h7-13,16-18,30H,4-6,14-15H2,1-3H3. The number of fused-ring (bicyclic) bond motifs is 1. The third-order valence-electron chi connectivity index (χ3n) is 6.53. The van der Waals surface area contributed by atoms with Crippen LogP contribution in [0.5, 0.6) is 11.5 Å². The highest BCUT2D eigenvalue weighted by molar-refractivity contribution is 5.89. The number of anilines is 2. The maximum atomic E-state index is 12.9. The van der Waals surface area contributed by atoms with Crippen molar-refractivity contribution in [2.24, 2.45) is 0 Å². The Morgan fingerprint density at radius 3 is 2.37 bits per heavy atom. The van der Waals surface area contributed by atoms with Crippen LogP contribution in [0.4, 0.5) is 11.4 Å². The summed E-state index contributed by atoms with van der Waals surface area (Å²) in [5.41, 5.74) is 5.87. The number of rotatable bonds is 7. The number of benzene rings is 3. The van der Waals surface area contributed by atoms with Crippen LogP contribution in [0, 0.1) is 0 Å². The molecular weight excluding hydrogens is 440 g/mol. The molecule has 6 nitrogen and oxygen atoms in total. The molecule has 2 heterocycles. The van der Waals surface area contributed by atoms with E-state index in [0.29, 0.717) is 28.2 Å². The van der Waals surface area contributed by atoms with Crippen molar-refractivity contribution < 1.29 is 13.9 Å². The minimum Gasteiger partial charge on any atom is -0.496 e. The van der Waals surface area contributed by atoms with Crippen molar-refractivity contribution >= 4 is 22.3 Å². The monoisotopic (exact) mass is 470 g/mol. The molecule has 0 amide bonds. The highest BCUT2D eigenvalue weighted by Gasteiger charge is 2.20. The summed E-state index contributed by atoms with van der Waals surface area (Å²) in [5, 5.41) is 3.94. The molecule has 180 valence electrons. The van der Waals surface area contributed by atoms with Crippen LogP contribution >= 0.6 is 0 Å². The average Bonchev–Trinajstić information content (AvgIpc) is 3.42. The zero-order valence-corrected chi connectivity index (χ0v) is 20.4. The molecule has 0 aliphatic carbocycles. The van der Waals surface area contributed by atoms with Crippen LogP contribution in [0.25, 0.3) is 33.4 Å². The summed E-state index contributed by atoms with van der Waals surface area (Å²) in [6.07, 6.45) is 2.44. The van der Waals surface area contributed by atoms with Gasteiger partial charge in [0.15, 0.2) is 5.43 Å². The van der Waals surface area contributed by atoms with Crippen LogP contribution in [0.2, 0.25) is 0 Å². The fourth-order valence-corrected chi connectivity index (χ4v) is 4.85. The second-order valence-corrected chi connectivity index (χ2v) is 8.68. The molecule has 1 aliphatic rings. The maximum Gasteiger partial charge on any atom is 0.197 e. The molecule has 0 bridgehead atoms. The lowest BCUT2D eigenvalue weighted by atomic mass is 9.99. The molecule has 0 radical (unpaired) electrons. The Balaban J connectivity index is 1.56. The van der Waals surface area contributed by atoms with Gasteiger partial charge < -0.3 is 24.1 Å². The third kappa shape index (κ3) is 4.32. The van der Waals surface area contributed by atoms with Gasteiger partial charge in [-0.05, 0) is 31.4 Å². The normalized spacial score (nSPS) is 13.3. The van der Waals surface area contributed by atoms with Gasteiger partial charge in [0.2, 0.25) is 0 Å². The molecule has 4 aromatic rings. The Hall–Kier alpha value is -3.93. The molecule has 6 heteroatoms. The lowest BCUT2D eigenvalue weighted by molar-refractivity contribution is 0.396. The maximum absolute atomic E-state index is 12.9. The smallest absolute Gasteiger partial charge is 0.197 e. The van der Waals surface area contributed by atoms with Gasteiger partial charge in [-0.15, -0.1) is 0 Å². The van der Waals surface area contributed by atoms with Gasteiger partial charge >= 0.3 is 0 Å². The molecule has 0 spiro atoms. The summed E-state index contributed by atoms with van der Waals surface area (Å²) in [5.74, 6) is 1.51. The highest BCUT2D eigenvalue weighted by Crippen LogP contribution is 2.40. The summed E-state index contributed by atoms with van der Waals surface area (Å²) in [6, 6.07) is 19.6. The summed E-state index contributed by atoms with van der Waals surface area (Å²) in [4.78, 5) is 15.4. The van der Waals surface area contributed by atoms with Crippen molar-refractivity contribution in [1.29, 1.82) is 0 Å². The third-order valence-corrected chi connectivity index (χ3v) is 6.53. The van der Waals surface area contributed by atoms with Crippen molar-refractivity contribution in [2.45, 2.75) is 19.8 Å². The van der Waals surface area contributed by atoms with E-state index in [4.69, 9.17) is 13.9 Å². The van der Waals surface area contributed by atoms with Crippen LogP contribution in [0.1, 0.15) is 19.8 Å². The lowest BCUT2D eigenvalue weighted by Crippen LogP contribution is -2.20. The van der Waals surface area contributed by atoms with Gasteiger partial charge in [0.05, 0.1) is 25.6 Å². The number of para-hydroxylation sites is 1. The fourth-order valence-electron chi connectivity index (χ4n) is 4.85. The Bertz CT molecular complexity index is 1400. The van der Waals surface area contributed by atoms with Gasteiger partial charge in [-0.1, -0.05) is 36.4 Å². The first-order chi connectivity index (χ1) is 17.1. The molecule has 1 N–H and O–H groups in total. The highest BCUT2D eigenvalue weighted by atomic mass is 16.5. The molecule has 0 saturated carbocycles. The minimum absolute atomic E-state index is 0.153. The van der Waals surface area contributed by atoms with Crippen molar-refractivity contribution in [3.63, 3.8) is 0 Å². The number of nitrogens with one attached hydrogen (secondary N) is 1. The topological polar surface area (TPSA) is 63.9 Å². The van der Waals surface area contributed by atoms with E-state index in [2.05, 4.69) is 47.5 Å². The van der Waals surface area contributed by atoms with Crippen LogP contribution in [0.15, 0.2) is 69.9 Å². The van der Waals surface area contributed by atoms with Crippen LogP contribution < -0.4 is 25.1 Å². The summed E-state index contributed by atoms with van der Waals surface area (Å²) >= 11 is 0. The van der Waals surface area contributed by atoms with Gasteiger partial charge in [-0.2, -0.15) is 0 Å². The number of ether oxygens (including phenoxy) is 2. The molecule has 3 aromatic carbocycles. The van der Waals surface area contributed by atoms with Crippen molar-refractivity contribution in [2.75, 3.05) is 44.1 Å². The van der Waals surface area contributed by atoms with Gasteiger partial charge in [-0.25, -0.2) is 0 Å².